The van der Waals surface area contributed by atoms with Gasteiger partial charge in [-0.2, -0.15) is 0 Å². The van der Waals surface area contributed by atoms with Crippen LogP contribution in [0.1, 0.15) is 70.9 Å². The summed E-state index contributed by atoms with van der Waals surface area (Å²) in [6.45, 7) is 7.69. The Kier molecular flexibility index (Phi) is 6.56. The zero-order chi connectivity index (χ0) is 15.1. The third-order valence-corrected chi connectivity index (χ3v) is 4.77. The van der Waals surface area contributed by atoms with Gasteiger partial charge in [0.05, 0.1) is 0 Å². The molecule has 2 heteroatoms. The summed E-state index contributed by atoms with van der Waals surface area (Å²) in [6, 6.07) is 9.13. The van der Waals surface area contributed by atoms with Crippen molar-refractivity contribution in [1.29, 1.82) is 0 Å². The van der Waals surface area contributed by atoms with E-state index in [-0.39, 0.29) is 0 Å². The number of rotatable bonds is 7. The van der Waals surface area contributed by atoms with Gasteiger partial charge in [0, 0.05) is 6.04 Å². The molecule has 1 aromatic carbocycles. The minimum absolute atomic E-state index is 0.415. The van der Waals surface area contributed by atoms with E-state index in [1.807, 2.05) is 0 Å². The Morgan fingerprint density at radius 2 is 2.00 bits per heavy atom. The molecule has 1 aromatic rings. The van der Waals surface area contributed by atoms with Gasteiger partial charge in [-0.25, -0.2) is 0 Å². The Morgan fingerprint density at radius 3 is 2.71 bits per heavy atom. The van der Waals surface area contributed by atoms with Crippen LogP contribution in [0.25, 0.3) is 0 Å². The van der Waals surface area contributed by atoms with Gasteiger partial charge in [0.25, 0.3) is 0 Å². The first-order chi connectivity index (χ1) is 10.3. The normalized spacial score (nSPS) is 23.8. The van der Waals surface area contributed by atoms with Crippen LogP contribution in [0.3, 0.4) is 0 Å². The molecule has 1 aliphatic rings. The van der Waals surface area contributed by atoms with Gasteiger partial charge in [-0.3, -0.25) is 0 Å². The first-order valence-corrected chi connectivity index (χ1v) is 8.78. The lowest BCUT2D eigenvalue weighted by Gasteiger charge is -2.31. The molecule has 3 unspecified atom stereocenters. The molecule has 0 aromatic heterocycles. The van der Waals surface area contributed by atoms with Crippen LogP contribution in [-0.4, -0.2) is 12.6 Å². The predicted octanol–water partition coefficient (Wildman–Crippen LogP) is 5.09. The van der Waals surface area contributed by atoms with Crippen LogP contribution in [0.5, 0.6) is 5.75 Å². The van der Waals surface area contributed by atoms with Crippen molar-refractivity contribution in [2.45, 2.75) is 71.4 Å². The molecule has 2 rings (SSSR count). The minimum Gasteiger partial charge on any atom is -0.490 e. The summed E-state index contributed by atoms with van der Waals surface area (Å²) in [4.78, 5) is 0. The Bertz CT molecular complexity index is 418. The zero-order valence-corrected chi connectivity index (χ0v) is 13.9. The second-order valence-electron chi connectivity index (χ2n) is 6.20. The van der Waals surface area contributed by atoms with E-state index in [1.165, 1.54) is 37.7 Å². The first-order valence-electron chi connectivity index (χ1n) is 8.78. The number of hydrogen-bond acceptors (Lipinski definition) is 2. The molecule has 0 heterocycles. The number of benzene rings is 1. The maximum Gasteiger partial charge on any atom is 0.120 e. The van der Waals surface area contributed by atoms with Crippen molar-refractivity contribution in [1.82, 2.24) is 5.32 Å². The summed E-state index contributed by atoms with van der Waals surface area (Å²) in [5.41, 5.74) is 1.35. The predicted molar refractivity (Wildman–Crippen MR) is 89.8 cm³/mol. The van der Waals surface area contributed by atoms with E-state index in [9.17, 15) is 0 Å². The Labute approximate surface area is 130 Å². The zero-order valence-electron chi connectivity index (χ0n) is 13.9. The lowest BCUT2D eigenvalue weighted by atomic mass is 9.85. The Balaban J connectivity index is 2.06. The van der Waals surface area contributed by atoms with Crippen LogP contribution >= 0.6 is 0 Å². The van der Waals surface area contributed by atoms with Crippen LogP contribution in [0.4, 0.5) is 0 Å². The summed E-state index contributed by atoms with van der Waals surface area (Å²) in [5.74, 6) is 1.78. The van der Waals surface area contributed by atoms with Crippen molar-refractivity contribution < 1.29 is 4.74 Å². The van der Waals surface area contributed by atoms with Gasteiger partial charge < -0.3 is 10.1 Å². The van der Waals surface area contributed by atoms with Crippen LogP contribution in [0.15, 0.2) is 24.3 Å². The van der Waals surface area contributed by atoms with Gasteiger partial charge in [-0.15, -0.1) is 0 Å². The van der Waals surface area contributed by atoms with Gasteiger partial charge in [0.1, 0.15) is 11.9 Å². The lowest BCUT2D eigenvalue weighted by Crippen LogP contribution is -2.30. The third-order valence-electron chi connectivity index (χ3n) is 4.77. The standard InChI is InChI=1S/C19H31NO/c1-4-15-10-7-8-13-19(15)21-17-12-9-11-16(14-17)18(5-2)20-6-3/h9,11-12,14-15,18-20H,4-8,10,13H2,1-3H3. The molecule has 1 saturated carbocycles. The maximum absolute atomic E-state index is 6.34. The van der Waals surface area contributed by atoms with Crippen molar-refractivity contribution in [2.24, 2.45) is 5.92 Å². The molecule has 1 N–H and O–H groups in total. The summed E-state index contributed by atoms with van der Waals surface area (Å²) >= 11 is 0. The van der Waals surface area contributed by atoms with Crippen LogP contribution < -0.4 is 10.1 Å². The molecule has 1 aliphatic carbocycles. The Morgan fingerprint density at radius 1 is 1.19 bits per heavy atom. The van der Waals surface area contributed by atoms with Crippen LogP contribution in [-0.2, 0) is 0 Å². The largest absolute Gasteiger partial charge is 0.490 e. The highest BCUT2D eigenvalue weighted by Gasteiger charge is 2.25. The molecular formula is C19H31NO. The van der Waals surface area contributed by atoms with Gasteiger partial charge in [0.2, 0.25) is 0 Å². The molecule has 118 valence electrons. The monoisotopic (exact) mass is 289 g/mol. The smallest absolute Gasteiger partial charge is 0.120 e. The highest BCUT2D eigenvalue weighted by atomic mass is 16.5. The summed E-state index contributed by atoms with van der Waals surface area (Å²) < 4.78 is 6.34. The SMILES string of the molecule is CCNC(CC)c1cccc(OC2CCCCC2CC)c1. The molecule has 0 saturated heterocycles. The average molecular weight is 289 g/mol. The fourth-order valence-electron chi connectivity index (χ4n) is 3.52. The van der Waals surface area contributed by atoms with Crippen molar-refractivity contribution in [2.75, 3.05) is 6.54 Å². The summed E-state index contributed by atoms with van der Waals surface area (Å²) in [5, 5.41) is 3.54. The van der Waals surface area contributed by atoms with Crippen molar-refractivity contribution >= 4 is 0 Å². The van der Waals surface area contributed by atoms with Gasteiger partial charge in [-0.05, 0) is 62.3 Å². The minimum atomic E-state index is 0.415. The van der Waals surface area contributed by atoms with E-state index in [0.29, 0.717) is 12.1 Å². The summed E-state index contributed by atoms with van der Waals surface area (Å²) in [7, 11) is 0. The molecule has 0 amide bonds. The second kappa shape index (κ2) is 8.43. The number of hydrogen-bond donors (Lipinski definition) is 1. The maximum atomic E-state index is 6.34. The van der Waals surface area contributed by atoms with E-state index < -0.39 is 0 Å². The van der Waals surface area contributed by atoms with E-state index in [4.69, 9.17) is 4.74 Å². The van der Waals surface area contributed by atoms with E-state index >= 15 is 0 Å². The van der Waals surface area contributed by atoms with E-state index in [2.05, 4.69) is 50.4 Å². The molecule has 1 fully saturated rings. The lowest BCUT2D eigenvalue weighted by molar-refractivity contribution is 0.0902. The van der Waals surface area contributed by atoms with E-state index in [1.54, 1.807) is 0 Å². The van der Waals surface area contributed by atoms with Gasteiger partial charge >= 0.3 is 0 Å². The molecule has 0 bridgehead atoms. The molecule has 2 nitrogen and oxygen atoms in total. The fraction of sp³-hybridized carbons (Fsp3) is 0.684. The molecular weight excluding hydrogens is 258 g/mol. The topological polar surface area (TPSA) is 21.3 Å². The first kappa shape index (κ1) is 16.4. The molecule has 3 atom stereocenters. The van der Waals surface area contributed by atoms with Crippen molar-refractivity contribution in [3.05, 3.63) is 29.8 Å². The highest BCUT2D eigenvalue weighted by Crippen LogP contribution is 2.31. The summed E-state index contributed by atoms with van der Waals surface area (Å²) in [6.07, 6.45) is 7.99. The third kappa shape index (κ3) is 4.47. The second-order valence-corrected chi connectivity index (χ2v) is 6.20. The van der Waals surface area contributed by atoms with Gasteiger partial charge in [0.15, 0.2) is 0 Å². The van der Waals surface area contributed by atoms with Crippen molar-refractivity contribution in [3.63, 3.8) is 0 Å². The van der Waals surface area contributed by atoms with Crippen LogP contribution in [0, 0.1) is 5.92 Å². The molecule has 0 aliphatic heterocycles. The van der Waals surface area contributed by atoms with E-state index in [0.717, 1.165) is 24.6 Å². The van der Waals surface area contributed by atoms with Crippen LogP contribution in [0.2, 0.25) is 0 Å². The average Bonchev–Trinajstić information content (AvgIpc) is 2.53. The number of nitrogens with one attached hydrogen (secondary N) is 1. The molecule has 0 spiro atoms. The van der Waals surface area contributed by atoms with Gasteiger partial charge in [-0.1, -0.05) is 39.3 Å². The van der Waals surface area contributed by atoms with Crippen molar-refractivity contribution in [3.8, 4) is 5.75 Å². The highest BCUT2D eigenvalue weighted by molar-refractivity contribution is 5.31. The fourth-order valence-corrected chi connectivity index (χ4v) is 3.52. The quantitative estimate of drug-likeness (QED) is 0.754. The number of ether oxygens (including phenoxy) is 1. The molecule has 0 radical (unpaired) electrons. The Hall–Kier alpha value is -1.02. The molecule has 21 heavy (non-hydrogen) atoms.